The van der Waals surface area contributed by atoms with Crippen molar-refractivity contribution in [2.75, 3.05) is 0 Å². The average molecular weight is 238 g/mol. The van der Waals surface area contributed by atoms with E-state index in [2.05, 4.69) is 37.3 Å². The number of aromatic hydroxyl groups is 1. The molecule has 0 aliphatic heterocycles. The molecule has 92 valence electrons. The molecule has 0 bridgehead atoms. The van der Waals surface area contributed by atoms with Gasteiger partial charge in [-0.05, 0) is 35.3 Å². The van der Waals surface area contributed by atoms with Gasteiger partial charge in [-0.25, -0.2) is 0 Å². The molecule has 18 heavy (non-hydrogen) atoms. The summed E-state index contributed by atoms with van der Waals surface area (Å²) in [5.74, 6) is 0.309. The lowest BCUT2D eigenvalue weighted by Crippen LogP contribution is -1.84. The molecule has 2 aromatic rings. The Morgan fingerprint density at radius 1 is 1.00 bits per heavy atom. The van der Waals surface area contributed by atoms with Crippen molar-refractivity contribution in [2.45, 2.75) is 19.8 Å². The topological polar surface area (TPSA) is 20.2 Å². The molecule has 1 N–H and O–H groups in total. The van der Waals surface area contributed by atoms with E-state index in [4.69, 9.17) is 0 Å². The molecule has 0 atom stereocenters. The minimum Gasteiger partial charge on any atom is -0.508 e. The van der Waals surface area contributed by atoms with Gasteiger partial charge in [0, 0.05) is 0 Å². The van der Waals surface area contributed by atoms with Crippen LogP contribution >= 0.6 is 0 Å². The Morgan fingerprint density at radius 2 is 1.67 bits per heavy atom. The van der Waals surface area contributed by atoms with Gasteiger partial charge in [-0.15, -0.1) is 0 Å². The molecule has 0 aromatic heterocycles. The van der Waals surface area contributed by atoms with E-state index < -0.39 is 0 Å². The molecule has 0 heterocycles. The minimum atomic E-state index is 0.309. The van der Waals surface area contributed by atoms with Gasteiger partial charge in [0.05, 0.1) is 0 Å². The highest BCUT2D eigenvalue weighted by molar-refractivity contribution is 5.81. The van der Waals surface area contributed by atoms with Crippen LogP contribution in [0.3, 0.4) is 0 Å². The van der Waals surface area contributed by atoms with Gasteiger partial charge in [0.1, 0.15) is 5.75 Å². The number of benzene rings is 2. The molecule has 2 rings (SSSR count). The van der Waals surface area contributed by atoms with Crippen molar-refractivity contribution in [3.8, 4) is 5.75 Å². The zero-order valence-electron chi connectivity index (χ0n) is 10.6. The molecule has 0 saturated carbocycles. The molecule has 0 radical (unpaired) electrons. The Hall–Kier alpha value is -2.02. The fourth-order valence-corrected chi connectivity index (χ4v) is 1.99. The second-order valence-electron chi connectivity index (χ2n) is 4.38. The summed E-state index contributed by atoms with van der Waals surface area (Å²) >= 11 is 0. The predicted molar refractivity (Wildman–Crippen MR) is 77.3 cm³/mol. The fourth-order valence-electron chi connectivity index (χ4n) is 1.99. The standard InChI is InChI=1S/C17H18O/c1-2-6-16(15-7-4-3-5-8-15)13-14-9-11-17(18)12-10-14/h3-5,7-13,18H,2,6H2,1H3. The van der Waals surface area contributed by atoms with Gasteiger partial charge < -0.3 is 5.11 Å². The Kier molecular flexibility index (Phi) is 4.19. The lowest BCUT2D eigenvalue weighted by Gasteiger charge is -2.07. The van der Waals surface area contributed by atoms with Crippen LogP contribution in [0.15, 0.2) is 54.6 Å². The van der Waals surface area contributed by atoms with Crippen LogP contribution in [0.25, 0.3) is 11.6 Å². The molecule has 1 heteroatoms. The number of phenols is 1. The summed E-state index contributed by atoms with van der Waals surface area (Å²) in [6.07, 6.45) is 4.38. The van der Waals surface area contributed by atoms with Crippen LogP contribution in [0.1, 0.15) is 30.9 Å². The summed E-state index contributed by atoms with van der Waals surface area (Å²) in [5.41, 5.74) is 3.73. The molecule has 2 aromatic carbocycles. The van der Waals surface area contributed by atoms with Crippen molar-refractivity contribution < 1.29 is 5.11 Å². The van der Waals surface area contributed by atoms with Crippen molar-refractivity contribution in [3.05, 3.63) is 65.7 Å². The Labute approximate surface area is 108 Å². The largest absolute Gasteiger partial charge is 0.508 e. The van der Waals surface area contributed by atoms with Crippen LogP contribution in [0.2, 0.25) is 0 Å². The first-order valence-electron chi connectivity index (χ1n) is 6.34. The first-order valence-corrected chi connectivity index (χ1v) is 6.34. The van der Waals surface area contributed by atoms with Gasteiger partial charge in [-0.3, -0.25) is 0 Å². The first-order chi connectivity index (χ1) is 8.79. The maximum atomic E-state index is 9.29. The van der Waals surface area contributed by atoms with Gasteiger partial charge in [-0.1, -0.05) is 61.9 Å². The maximum absolute atomic E-state index is 9.29. The maximum Gasteiger partial charge on any atom is 0.115 e. The highest BCUT2D eigenvalue weighted by Gasteiger charge is 2.00. The van der Waals surface area contributed by atoms with Crippen LogP contribution in [0.5, 0.6) is 5.75 Å². The van der Waals surface area contributed by atoms with Crippen molar-refractivity contribution in [3.63, 3.8) is 0 Å². The number of hydrogen-bond acceptors (Lipinski definition) is 1. The molecule has 0 aliphatic carbocycles. The van der Waals surface area contributed by atoms with E-state index >= 15 is 0 Å². The van der Waals surface area contributed by atoms with E-state index in [1.807, 2.05) is 18.2 Å². The Balaban J connectivity index is 2.33. The van der Waals surface area contributed by atoms with Crippen molar-refractivity contribution in [2.24, 2.45) is 0 Å². The van der Waals surface area contributed by atoms with E-state index in [0.717, 1.165) is 18.4 Å². The third-order valence-corrected chi connectivity index (χ3v) is 2.90. The number of hydrogen-bond donors (Lipinski definition) is 1. The molecule has 0 unspecified atom stereocenters. The highest BCUT2D eigenvalue weighted by atomic mass is 16.3. The quantitative estimate of drug-likeness (QED) is 0.763. The van der Waals surface area contributed by atoms with E-state index in [-0.39, 0.29) is 0 Å². The summed E-state index contributed by atoms with van der Waals surface area (Å²) < 4.78 is 0. The smallest absolute Gasteiger partial charge is 0.115 e. The van der Waals surface area contributed by atoms with Gasteiger partial charge >= 0.3 is 0 Å². The second kappa shape index (κ2) is 6.06. The summed E-state index contributed by atoms with van der Waals surface area (Å²) in [6.45, 7) is 2.19. The van der Waals surface area contributed by atoms with Gasteiger partial charge in [0.25, 0.3) is 0 Å². The zero-order chi connectivity index (χ0) is 12.8. The van der Waals surface area contributed by atoms with Gasteiger partial charge in [0.15, 0.2) is 0 Å². The second-order valence-corrected chi connectivity index (χ2v) is 4.38. The highest BCUT2D eigenvalue weighted by Crippen LogP contribution is 2.23. The van der Waals surface area contributed by atoms with Crippen molar-refractivity contribution in [1.29, 1.82) is 0 Å². The summed E-state index contributed by atoms with van der Waals surface area (Å²) in [4.78, 5) is 0. The van der Waals surface area contributed by atoms with Gasteiger partial charge in [-0.2, -0.15) is 0 Å². The third kappa shape index (κ3) is 3.24. The third-order valence-electron chi connectivity index (χ3n) is 2.90. The normalized spacial score (nSPS) is 11.5. The molecule has 0 fully saturated rings. The minimum absolute atomic E-state index is 0.309. The average Bonchev–Trinajstić information content (AvgIpc) is 2.42. The monoisotopic (exact) mass is 238 g/mol. The van der Waals surface area contributed by atoms with Crippen LogP contribution in [-0.4, -0.2) is 5.11 Å². The lowest BCUT2D eigenvalue weighted by atomic mass is 9.99. The Bertz CT molecular complexity index is 509. The SMILES string of the molecule is CCCC(=Cc1ccc(O)cc1)c1ccccc1. The van der Waals surface area contributed by atoms with Crippen molar-refractivity contribution >= 4 is 11.6 Å². The first kappa shape index (κ1) is 12.4. The van der Waals surface area contributed by atoms with E-state index in [0.29, 0.717) is 5.75 Å². The molecule has 1 nitrogen and oxygen atoms in total. The molecule has 0 saturated heterocycles. The van der Waals surface area contributed by atoms with Crippen LogP contribution in [0, 0.1) is 0 Å². The molecular formula is C17H18O. The summed E-state index contributed by atoms with van der Waals surface area (Å²) in [5, 5.41) is 9.29. The fraction of sp³-hybridized carbons (Fsp3) is 0.176. The number of rotatable bonds is 4. The van der Waals surface area contributed by atoms with E-state index in [1.165, 1.54) is 11.1 Å². The summed E-state index contributed by atoms with van der Waals surface area (Å²) in [6, 6.07) is 17.8. The zero-order valence-corrected chi connectivity index (χ0v) is 10.6. The number of phenolic OH excluding ortho intramolecular Hbond substituents is 1. The van der Waals surface area contributed by atoms with Gasteiger partial charge in [0.2, 0.25) is 0 Å². The van der Waals surface area contributed by atoms with Crippen molar-refractivity contribution in [1.82, 2.24) is 0 Å². The molecule has 0 amide bonds. The van der Waals surface area contributed by atoms with Crippen LogP contribution in [0.4, 0.5) is 0 Å². The van der Waals surface area contributed by atoms with Crippen LogP contribution < -0.4 is 0 Å². The van der Waals surface area contributed by atoms with E-state index in [9.17, 15) is 5.11 Å². The molecule has 0 spiro atoms. The predicted octanol–water partition coefficient (Wildman–Crippen LogP) is 4.73. The van der Waals surface area contributed by atoms with E-state index in [1.54, 1.807) is 12.1 Å². The molecule has 0 aliphatic rings. The lowest BCUT2D eigenvalue weighted by molar-refractivity contribution is 0.475. The summed E-state index contributed by atoms with van der Waals surface area (Å²) in [7, 11) is 0. The van der Waals surface area contributed by atoms with Crippen LogP contribution in [-0.2, 0) is 0 Å². The Morgan fingerprint density at radius 3 is 2.28 bits per heavy atom. The molecular weight excluding hydrogens is 220 g/mol. The number of allylic oxidation sites excluding steroid dienone is 1.